The number of likely N-dealkylation sites (N-methyl/N-ethyl adjacent to an activating group) is 1. The second kappa shape index (κ2) is 6.52. The van der Waals surface area contributed by atoms with Gasteiger partial charge in [-0.25, -0.2) is 0 Å². The second-order valence-corrected chi connectivity index (χ2v) is 5.05. The fraction of sp³-hybridized carbons (Fsp3) is 0.467. The number of benzene rings is 1. The van der Waals surface area contributed by atoms with Crippen LogP contribution in [0.4, 0.5) is 0 Å². The van der Waals surface area contributed by atoms with Crippen LogP contribution in [0.25, 0.3) is 0 Å². The molecule has 1 aromatic carbocycles. The van der Waals surface area contributed by atoms with Crippen LogP contribution in [0.15, 0.2) is 24.3 Å². The molecule has 0 atom stereocenters. The van der Waals surface area contributed by atoms with E-state index in [1.54, 1.807) is 24.3 Å². The minimum absolute atomic E-state index is 0.00810. The van der Waals surface area contributed by atoms with E-state index in [9.17, 15) is 9.59 Å². The third-order valence-electron chi connectivity index (χ3n) is 3.48. The van der Waals surface area contributed by atoms with Crippen molar-refractivity contribution in [2.45, 2.75) is 6.92 Å². The highest BCUT2D eigenvalue weighted by molar-refractivity contribution is 5.94. The first-order valence-electron chi connectivity index (χ1n) is 6.76. The molecule has 108 valence electrons. The van der Waals surface area contributed by atoms with Gasteiger partial charge in [-0.05, 0) is 38.2 Å². The van der Waals surface area contributed by atoms with Crippen molar-refractivity contribution < 1.29 is 14.3 Å². The van der Waals surface area contributed by atoms with Gasteiger partial charge < -0.3 is 14.5 Å². The summed E-state index contributed by atoms with van der Waals surface area (Å²) in [6.07, 6.45) is 0. The molecule has 1 fully saturated rings. The lowest BCUT2D eigenvalue weighted by molar-refractivity contribution is -0.134. The van der Waals surface area contributed by atoms with Gasteiger partial charge in [0.15, 0.2) is 12.4 Å². The third kappa shape index (κ3) is 3.81. The normalized spacial score (nSPS) is 16.0. The number of ether oxygens (including phenoxy) is 1. The molecule has 1 aliphatic rings. The molecule has 0 aromatic heterocycles. The number of hydrogen-bond donors (Lipinski definition) is 0. The second-order valence-electron chi connectivity index (χ2n) is 5.05. The average Bonchev–Trinajstić information content (AvgIpc) is 2.46. The van der Waals surface area contributed by atoms with Crippen LogP contribution in [-0.2, 0) is 4.79 Å². The van der Waals surface area contributed by atoms with Crippen LogP contribution in [0.3, 0.4) is 0 Å². The van der Waals surface area contributed by atoms with E-state index in [0.29, 0.717) is 11.3 Å². The van der Waals surface area contributed by atoms with Gasteiger partial charge in [-0.15, -0.1) is 0 Å². The highest BCUT2D eigenvalue weighted by Gasteiger charge is 2.19. The van der Waals surface area contributed by atoms with Gasteiger partial charge in [0.05, 0.1) is 0 Å². The van der Waals surface area contributed by atoms with Crippen LogP contribution in [-0.4, -0.2) is 61.3 Å². The Labute approximate surface area is 119 Å². The molecule has 0 aliphatic carbocycles. The standard InChI is InChI=1S/C15H20N2O3/c1-12(18)13-3-5-14(6-4-13)20-11-15(19)17-9-7-16(2)8-10-17/h3-6H,7-11H2,1-2H3. The Morgan fingerprint density at radius 1 is 1.10 bits per heavy atom. The van der Waals surface area contributed by atoms with Crippen LogP contribution in [0.5, 0.6) is 5.75 Å². The first-order chi connectivity index (χ1) is 9.56. The van der Waals surface area contributed by atoms with Crippen molar-refractivity contribution in [2.75, 3.05) is 39.8 Å². The van der Waals surface area contributed by atoms with Crippen LogP contribution in [0.2, 0.25) is 0 Å². The summed E-state index contributed by atoms with van der Waals surface area (Å²) in [6, 6.07) is 6.85. The molecular formula is C15H20N2O3. The zero-order valence-electron chi connectivity index (χ0n) is 12.0. The number of rotatable bonds is 4. The topological polar surface area (TPSA) is 49.9 Å². The summed E-state index contributed by atoms with van der Waals surface area (Å²) >= 11 is 0. The fourth-order valence-corrected chi connectivity index (χ4v) is 2.08. The minimum Gasteiger partial charge on any atom is -0.484 e. The van der Waals surface area contributed by atoms with Gasteiger partial charge in [-0.3, -0.25) is 9.59 Å². The maximum atomic E-state index is 12.0. The minimum atomic E-state index is 0.00810. The number of amides is 1. The molecule has 0 saturated carbocycles. The summed E-state index contributed by atoms with van der Waals surface area (Å²) in [5, 5.41) is 0. The summed E-state index contributed by atoms with van der Waals surface area (Å²) < 4.78 is 5.47. The zero-order chi connectivity index (χ0) is 14.5. The van der Waals surface area contributed by atoms with Crippen LogP contribution in [0, 0.1) is 0 Å². The largest absolute Gasteiger partial charge is 0.484 e. The Bertz CT molecular complexity index is 476. The molecule has 1 amide bonds. The van der Waals surface area contributed by atoms with Crippen molar-refractivity contribution in [2.24, 2.45) is 0 Å². The Morgan fingerprint density at radius 2 is 1.70 bits per heavy atom. The number of carbonyl (C=O) groups is 2. The summed E-state index contributed by atoms with van der Waals surface area (Å²) in [6.45, 7) is 4.87. The lowest BCUT2D eigenvalue weighted by Gasteiger charge is -2.32. The predicted octanol–water partition coefficient (Wildman–Crippen LogP) is 1.04. The Kier molecular flexibility index (Phi) is 4.74. The molecule has 0 unspecified atom stereocenters. The zero-order valence-corrected chi connectivity index (χ0v) is 12.0. The molecule has 2 rings (SSSR count). The van der Waals surface area contributed by atoms with Crippen LogP contribution in [0.1, 0.15) is 17.3 Å². The number of hydrogen-bond acceptors (Lipinski definition) is 4. The van der Waals surface area contributed by atoms with E-state index in [1.807, 2.05) is 4.90 Å². The molecule has 0 spiro atoms. The Hall–Kier alpha value is -1.88. The molecule has 1 aliphatic heterocycles. The first-order valence-corrected chi connectivity index (χ1v) is 6.76. The van der Waals surface area contributed by atoms with Crippen molar-refractivity contribution in [3.05, 3.63) is 29.8 Å². The van der Waals surface area contributed by atoms with E-state index in [2.05, 4.69) is 11.9 Å². The van der Waals surface area contributed by atoms with Crippen LogP contribution >= 0.6 is 0 Å². The Morgan fingerprint density at radius 3 is 2.25 bits per heavy atom. The number of ketones is 1. The van der Waals surface area contributed by atoms with Gasteiger partial charge in [-0.2, -0.15) is 0 Å². The van der Waals surface area contributed by atoms with Gasteiger partial charge in [0.1, 0.15) is 5.75 Å². The summed E-state index contributed by atoms with van der Waals surface area (Å²) in [5.41, 5.74) is 0.641. The molecule has 1 aromatic rings. The smallest absolute Gasteiger partial charge is 0.260 e. The van der Waals surface area contributed by atoms with Gasteiger partial charge in [0, 0.05) is 31.7 Å². The average molecular weight is 276 g/mol. The lowest BCUT2D eigenvalue weighted by Crippen LogP contribution is -2.48. The van der Waals surface area contributed by atoms with E-state index in [-0.39, 0.29) is 18.3 Å². The molecule has 5 nitrogen and oxygen atoms in total. The maximum absolute atomic E-state index is 12.0. The fourth-order valence-electron chi connectivity index (χ4n) is 2.08. The molecule has 0 radical (unpaired) electrons. The van der Waals surface area contributed by atoms with E-state index in [0.717, 1.165) is 26.2 Å². The number of carbonyl (C=O) groups excluding carboxylic acids is 2. The summed E-state index contributed by atoms with van der Waals surface area (Å²) in [5.74, 6) is 0.635. The molecular weight excluding hydrogens is 256 g/mol. The molecule has 1 saturated heterocycles. The van der Waals surface area contributed by atoms with E-state index >= 15 is 0 Å². The van der Waals surface area contributed by atoms with Crippen molar-refractivity contribution in [3.8, 4) is 5.75 Å². The van der Waals surface area contributed by atoms with Gasteiger partial charge in [0.25, 0.3) is 5.91 Å². The SMILES string of the molecule is CC(=O)c1ccc(OCC(=O)N2CCN(C)CC2)cc1. The van der Waals surface area contributed by atoms with Crippen LogP contribution < -0.4 is 4.74 Å². The maximum Gasteiger partial charge on any atom is 0.260 e. The van der Waals surface area contributed by atoms with Crippen molar-refractivity contribution in [3.63, 3.8) is 0 Å². The highest BCUT2D eigenvalue weighted by atomic mass is 16.5. The highest BCUT2D eigenvalue weighted by Crippen LogP contribution is 2.13. The van der Waals surface area contributed by atoms with Crippen molar-refractivity contribution in [1.29, 1.82) is 0 Å². The summed E-state index contributed by atoms with van der Waals surface area (Å²) in [4.78, 5) is 27.2. The third-order valence-corrected chi connectivity index (χ3v) is 3.48. The molecule has 1 heterocycles. The van der Waals surface area contributed by atoms with E-state index in [1.165, 1.54) is 6.92 Å². The van der Waals surface area contributed by atoms with Gasteiger partial charge in [-0.1, -0.05) is 0 Å². The van der Waals surface area contributed by atoms with Crippen molar-refractivity contribution in [1.82, 2.24) is 9.80 Å². The predicted molar refractivity (Wildman–Crippen MR) is 76.0 cm³/mol. The number of Topliss-reactive ketones (excluding diaryl/α,β-unsaturated/α-hetero) is 1. The number of piperazine rings is 1. The van der Waals surface area contributed by atoms with Gasteiger partial charge >= 0.3 is 0 Å². The quantitative estimate of drug-likeness (QED) is 0.771. The molecule has 0 bridgehead atoms. The first kappa shape index (κ1) is 14.5. The summed E-state index contributed by atoms with van der Waals surface area (Å²) in [7, 11) is 2.05. The Balaban J connectivity index is 1.82. The molecule has 5 heteroatoms. The van der Waals surface area contributed by atoms with E-state index in [4.69, 9.17) is 4.74 Å². The van der Waals surface area contributed by atoms with E-state index < -0.39 is 0 Å². The molecule has 20 heavy (non-hydrogen) atoms. The lowest BCUT2D eigenvalue weighted by atomic mass is 10.1. The molecule has 0 N–H and O–H groups in total. The monoisotopic (exact) mass is 276 g/mol. The van der Waals surface area contributed by atoms with Gasteiger partial charge in [0.2, 0.25) is 0 Å². The van der Waals surface area contributed by atoms with Crippen molar-refractivity contribution >= 4 is 11.7 Å². The number of nitrogens with zero attached hydrogens (tertiary/aromatic N) is 2.